The molecule has 0 atom stereocenters. The molecule has 0 aliphatic rings. The highest BCUT2D eigenvalue weighted by atomic mass is 16.5. The standard InChI is InChI=1S/C15H22O4/c1-3-4-5-6-7-10-19-15(17)12-8-9-13(16)14(11-12)18-2/h8-9,11,16H,3-7,10H2,1-2H3. The first kappa shape index (κ1) is 15.3. The van der Waals surface area contributed by atoms with E-state index in [1.807, 2.05) is 0 Å². The maximum atomic E-state index is 11.8. The zero-order valence-corrected chi connectivity index (χ0v) is 11.6. The van der Waals surface area contributed by atoms with Crippen LogP contribution < -0.4 is 4.74 Å². The second kappa shape index (κ2) is 8.40. The molecule has 0 fully saturated rings. The molecule has 0 saturated carbocycles. The number of carbonyl (C=O) groups is 1. The zero-order valence-electron chi connectivity index (χ0n) is 11.6. The number of hydrogen-bond acceptors (Lipinski definition) is 4. The third kappa shape index (κ3) is 5.20. The third-order valence-corrected chi connectivity index (χ3v) is 2.90. The van der Waals surface area contributed by atoms with Crippen LogP contribution in [0, 0.1) is 0 Å². The Morgan fingerprint density at radius 1 is 1.21 bits per heavy atom. The SMILES string of the molecule is CCCCCCCOC(=O)c1ccc(O)c(OC)c1. The Bertz CT molecular complexity index is 401. The van der Waals surface area contributed by atoms with Gasteiger partial charge in [-0.2, -0.15) is 0 Å². The molecule has 0 heterocycles. The fourth-order valence-corrected chi connectivity index (χ4v) is 1.76. The maximum Gasteiger partial charge on any atom is 0.338 e. The summed E-state index contributed by atoms with van der Waals surface area (Å²) in [5, 5.41) is 9.44. The number of hydrogen-bond donors (Lipinski definition) is 1. The molecule has 106 valence electrons. The molecule has 1 aromatic carbocycles. The Morgan fingerprint density at radius 3 is 2.63 bits per heavy atom. The number of esters is 1. The van der Waals surface area contributed by atoms with Crippen molar-refractivity contribution < 1.29 is 19.4 Å². The molecule has 4 nitrogen and oxygen atoms in total. The molecule has 1 aromatic rings. The highest BCUT2D eigenvalue weighted by Gasteiger charge is 2.10. The van der Waals surface area contributed by atoms with E-state index in [9.17, 15) is 9.90 Å². The number of phenols is 1. The third-order valence-electron chi connectivity index (χ3n) is 2.90. The van der Waals surface area contributed by atoms with E-state index in [-0.39, 0.29) is 17.5 Å². The van der Waals surface area contributed by atoms with Gasteiger partial charge in [0.25, 0.3) is 0 Å². The Kier molecular flexibility index (Phi) is 6.79. The van der Waals surface area contributed by atoms with Gasteiger partial charge in [-0.05, 0) is 24.6 Å². The summed E-state index contributed by atoms with van der Waals surface area (Å²) >= 11 is 0. The van der Waals surface area contributed by atoms with Crippen molar-refractivity contribution >= 4 is 5.97 Å². The van der Waals surface area contributed by atoms with Crippen LogP contribution in [0.2, 0.25) is 0 Å². The lowest BCUT2D eigenvalue weighted by atomic mass is 10.2. The number of rotatable bonds is 8. The first-order valence-corrected chi connectivity index (χ1v) is 6.73. The van der Waals surface area contributed by atoms with Gasteiger partial charge in [-0.1, -0.05) is 32.6 Å². The summed E-state index contributed by atoms with van der Waals surface area (Å²) in [6, 6.07) is 4.43. The van der Waals surface area contributed by atoms with Crippen LogP contribution in [0.15, 0.2) is 18.2 Å². The average molecular weight is 266 g/mol. The lowest BCUT2D eigenvalue weighted by Gasteiger charge is -2.07. The van der Waals surface area contributed by atoms with Crippen molar-refractivity contribution in [3.05, 3.63) is 23.8 Å². The second-order valence-corrected chi connectivity index (χ2v) is 4.44. The van der Waals surface area contributed by atoms with Crippen LogP contribution in [-0.2, 0) is 4.74 Å². The Hall–Kier alpha value is -1.71. The van der Waals surface area contributed by atoms with E-state index < -0.39 is 0 Å². The number of phenolic OH excluding ortho intramolecular Hbond substituents is 1. The molecule has 0 bridgehead atoms. The van der Waals surface area contributed by atoms with Crippen LogP contribution in [0.3, 0.4) is 0 Å². The van der Waals surface area contributed by atoms with Crippen molar-refractivity contribution in [2.24, 2.45) is 0 Å². The molecule has 1 rings (SSSR count). The van der Waals surface area contributed by atoms with E-state index in [1.165, 1.54) is 44.6 Å². The molecular formula is C15H22O4. The normalized spacial score (nSPS) is 10.2. The van der Waals surface area contributed by atoms with Crippen molar-refractivity contribution in [3.8, 4) is 11.5 Å². The average Bonchev–Trinajstić information content (AvgIpc) is 2.43. The molecule has 4 heteroatoms. The molecule has 0 spiro atoms. The predicted octanol–water partition coefficient (Wildman–Crippen LogP) is 3.53. The summed E-state index contributed by atoms with van der Waals surface area (Å²) < 4.78 is 10.1. The van der Waals surface area contributed by atoms with Gasteiger partial charge in [0.1, 0.15) is 0 Å². The topological polar surface area (TPSA) is 55.8 Å². The van der Waals surface area contributed by atoms with Crippen LogP contribution in [0.4, 0.5) is 0 Å². The van der Waals surface area contributed by atoms with E-state index in [2.05, 4.69) is 6.92 Å². The van der Waals surface area contributed by atoms with Gasteiger partial charge in [-0.15, -0.1) is 0 Å². The van der Waals surface area contributed by atoms with Crippen LogP contribution in [-0.4, -0.2) is 24.8 Å². The minimum Gasteiger partial charge on any atom is -0.504 e. The molecule has 0 aromatic heterocycles. The first-order chi connectivity index (χ1) is 9.19. The minimum absolute atomic E-state index is 0.0126. The van der Waals surface area contributed by atoms with Crippen molar-refractivity contribution in [2.75, 3.05) is 13.7 Å². The lowest BCUT2D eigenvalue weighted by molar-refractivity contribution is 0.0497. The molecule has 0 radical (unpaired) electrons. The Morgan fingerprint density at radius 2 is 1.95 bits per heavy atom. The monoisotopic (exact) mass is 266 g/mol. The summed E-state index contributed by atoms with van der Waals surface area (Å²) in [6.07, 6.45) is 5.58. The summed E-state index contributed by atoms with van der Waals surface area (Å²) in [4.78, 5) is 11.8. The van der Waals surface area contributed by atoms with Gasteiger partial charge in [0.15, 0.2) is 11.5 Å². The van der Waals surface area contributed by atoms with Gasteiger partial charge < -0.3 is 14.6 Å². The quantitative estimate of drug-likeness (QED) is 0.577. The summed E-state index contributed by atoms with van der Waals surface area (Å²) in [5.41, 5.74) is 0.392. The van der Waals surface area contributed by atoms with Crippen LogP contribution in [0.5, 0.6) is 11.5 Å². The number of ether oxygens (including phenoxy) is 2. The molecular weight excluding hydrogens is 244 g/mol. The van der Waals surface area contributed by atoms with Gasteiger partial charge >= 0.3 is 5.97 Å². The largest absolute Gasteiger partial charge is 0.504 e. The fraction of sp³-hybridized carbons (Fsp3) is 0.533. The van der Waals surface area contributed by atoms with E-state index in [4.69, 9.17) is 9.47 Å². The molecule has 0 unspecified atom stereocenters. The van der Waals surface area contributed by atoms with Gasteiger partial charge in [0, 0.05) is 0 Å². The van der Waals surface area contributed by atoms with Crippen LogP contribution in [0.1, 0.15) is 49.4 Å². The molecule has 1 N–H and O–H groups in total. The molecule has 0 amide bonds. The van der Waals surface area contributed by atoms with Crippen molar-refractivity contribution in [1.82, 2.24) is 0 Å². The predicted molar refractivity (Wildman–Crippen MR) is 73.7 cm³/mol. The lowest BCUT2D eigenvalue weighted by Crippen LogP contribution is -2.06. The molecule has 0 aliphatic heterocycles. The molecule has 0 saturated heterocycles. The zero-order chi connectivity index (χ0) is 14.1. The van der Waals surface area contributed by atoms with Crippen molar-refractivity contribution in [2.45, 2.75) is 39.0 Å². The Labute approximate surface area is 114 Å². The number of methoxy groups -OCH3 is 1. The maximum absolute atomic E-state index is 11.8. The highest BCUT2D eigenvalue weighted by molar-refractivity contribution is 5.90. The second-order valence-electron chi connectivity index (χ2n) is 4.44. The number of unbranched alkanes of at least 4 members (excludes halogenated alkanes) is 4. The fourth-order valence-electron chi connectivity index (χ4n) is 1.76. The van der Waals surface area contributed by atoms with Gasteiger partial charge in [-0.25, -0.2) is 4.79 Å². The van der Waals surface area contributed by atoms with Gasteiger partial charge in [0.2, 0.25) is 0 Å². The first-order valence-electron chi connectivity index (χ1n) is 6.73. The highest BCUT2D eigenvalue weighted by Crippen LogP contribution is 2.26. The van der Waals surface area contributed by atoms with Crippen LogP contribution >= 0.6 is 0 Å². The van der Waals surface area contributed by atoms with E-state index >= 15 is 0 Å². The van der Waals surface area contributed by atoms with Gasteiger partial charge in [0.05, 0.1) is 19.3 Å². The van der Waals surface area contributed by atoms with Crippen LogP contribution in [0.25, 0.3) is 0 Å². The number of benzene rings is 1. The molecule has 0 aliphatic carbocycles. The minimum atomic E-state index is -0.381. The van der Waals surface area contributed by atoms with E-state index in [0.29, 0.717) is 12.2 Å². The number of aromatic hydroxyl groups is 1. The summed E-state index contributed by atoms with van der Waals surface area (Å²) in [5.74, 6) is -0.0928. The number of carbonyl (C=O) groups excluding carboxylic acids is 1. The van der Waals surface area contributed by atoms with Crippen molar-refractivity contribution in [3.63, 3.8) is 0 Å². The van der Waals surface area contributed by atoms with E-state index in [1.54, 1.807) is 0 Å². The van der Waals surface area contributed by atoms with Gasteiger partial charge in [-0.3, -0.25) is 0 Å². The van der Waals surface area contributed by atoms with Crippen molar-refractivity contribution in [1.29, 1.82) is 0 Å². The smallest absolute Gasteiger partial charge is 0.338 e. The summed E-state index contributed by atoms with van der Waals surface area (Å²) in [6.45, 7) is 2.60. The summed E-state index contributed by atoms with van der Waals surface area (Å²) in [7, 11) is 1.44. The molecule has 19 heavy (non-hydrogen) atoms. The Balaban J connectivity index is 2.37. The van der Waals surface area contributed by atoms with E-state index in [0.717, 1.165) is 12.8 Å².